The lowest BCUT2D eigenvalue weighted by molar-refractivity contribution is 0.0277. The molecule has 1 atom stereocenters. The zero-order valence-corrected chi connectivity index (χ0v) is 11.8. The summed E-state index contributed by atoms with van der Waals surface area (Å²) in [5.74, 6) is -0.204. The van der Waals surface area contributed by atoms with E-state index in [0.29, 0.717) is 6.54 Å². The SMILES string of the molecule is Fc1ccc(CNc2ccc([C@H]3CNCCO3)cc2)cc1. The first-order valence-electron chi connectivity index (χ1n) is 7.22. The molecule has 3 rings (SSSR count). The molecular weight excluding hydrogens is 267 g/mol. The highest BCUT2D eigenvalue weighted by molar-refractivity contribution is 5.45. The molecule has 21 heavy (non-hydrogen) atoms. The highest BCUT2D eigenvalue weighted by atomic mass is 19.1. The van der Waals surface area contributed by atoms with Crippen molar-refractivity contribution in [1.82, 2.24) is 5.32 Å². The van der Waals surface area contributed by atoms with E-state index in [1.165, 1.54) is 17.7 Å². The molecule has 1 saturated heterocycles. The van der Waals surface area contributed by atoms with Crippen LogP contribution in [0.25, 0.3) is 0 Å². The van der Waals surface area contributed by atoms with Crippen LogP contribution in [-0.2, 0) is 11.3 Å². The van der Waals surface area contributed by atoms with E-state index in [-0.39, 0.29) is 11.9 Å². The molecule has 0 spiro atoms. The van der Waals surface area contributed by atoms with Gasteiger partial charge in [-0.25, -0.2) is 4.39 Å². The molecule has 0 bridgehead atoms. The third-order valence-corrected chi connectivity index (χ3v) is 3.62. The first-order valence-corrected chi connectivity index (χ1v) is 7.22. The zero-order valence-electron chi connectivity index (χ0n) is 11.8. The van der Waals surface area contributed by atoms with Crippen molar-refractivity contribution >= 4 is 5.69 Å². The summed E-state index contributed by atoms with van der Waals surface area (Å²) in [6.45, 7) is 3.23. The van der Waals surface area contributed by atoms with Crippen LogP contribution in [0.4, 0.5) is 10.1 Å². The van der Waals surface area contributed by atoms with Crippen LogP contribution in [0.2, 0.25) is 0 Å². The van der Waals surface area contributed by atoms with Gasteiger partial charge in [-0.3, -0.25) is 0 Å². The summed E-state index contributed by atoms with van der Waals surface area (Å²) in [5, 5.41) is 6.66. The number of ether oxygens (including phenoxy) is 1. The van der Waals surface area contributed by atoms with Crippen LogP contribution < -0.4 is 10.6 Å². The maximum absolute atomic E-state index is 12.8. The zero-order chi connectivity index (χ0) is 14.5. The van der Waals surface area contributed by atoms with E-state index >= 15 is 0 Å². The van der Waals surface area contributed by atoms with E-state index in [9.17, 15) is 4.39 Å². The lowest BCUT2D eigenvalue weighted by atomic mass is 10.1. The molecule has 1 heterocycles. The Labute approximate surface area is 124 Å². The molecule has 0 amide bonds. The van der Waals surface area contributed by atoms with E-state index < -0.39 is 0 Å². The summed E-state index contributed by atoms with van der Waals surface area (Å²) in [6, 6.07) is 14.8. The van der Waals surface area contributed by atoms with Crippen LogP contribution in [0.3, 0.4) is 0 Å². The Morgan fingerprint density at radius 3 is 2.52 bits per heavy atom. The largest absolute Gasteiger partial charge is 0.381 e. The first kappa shape index (κ1) is 14.0. The monoisotopic (exact) mass is 286 g/mol. The third-order valence-electron chi connectivity index (χ3n) is 3.62. The second kappa shape index (κ2) is 6.70. The maximum atomic E-state index is 12.8. The van der Waals surface area contributed by atoms with Gasteiger partial charge in [-0.15, -0.1) is 0 Å². The average molecular weight is 286 g/mol. The Balaban J connectivity index is 1.57. The minimum absolute atomic E-state index is 0.143. The third kappa shape index (κ3) is 3.80. The molecule has 110 valence electrons. The molecule has 3 nitrogen and oxygen atoms in total. The summed E-state index contributed by atoms with van der Waals surface area (Å²) in [6.07, 6.45) is 0.143. The minimum atomic E-state index is -0.204. The number of nitrogens with one attached hydrogen (secondary N) is 2. The molecule has 2 aromatic carbocycles. The van der Waals surface area contributed by atoms with Crippen molar-refractivity contribution in [3.05, 3.63) is 65.5 Å². The summed E-state index contributed by atoms with van der Waals surface area (Å²) in [4.78, 5) is 0. The van der Waals surface area contributed by atoms with Gasteiger partial charge in [0.05, 0.1) is 12.7 Å². The van der Waals surface area contributed by atoms with Crippen molar-refractivity contribution in [1.29, 1.82) is 0 Å². The van der Waals surface area contributed by atoms with Crippen LogP contribution in [0.15, 0.2) is 48.5 Å². The highest BCUT2D eigenvalue weighted by Gasteiger charge is 2.14. The number of hydrogen-bond acceptors (Lipinski definition) is 3. The number of rotatable bonds is 4. The average Bonchev–Trinajstić information content (AvgIpc) is 2.56. The molecule has 0 unspecified atom stereocenters. The lowest BCUT2D eigenvalue weighted by Gasteiger charge is -2.24. The van der Waals surface area contributed by atoms with Gasteiger partial charge in [0, 0.05) is 25.3 Å². The van der Waals surface area contributed by atoms with Crippen molar-refractivity contribution in [2.75, 3.05) is 25.0 Å². The molecule has 0 aliphatic carbocycles. The van der Waals surface area contributed by atoms with Gasteiger partial charge in [0.25, 0.3) is 0 Å². The predicted molar refractivity (Wildman–Crippen MR) is 81.7 cm³/mol. The van der Waals surface area contributed by atoms with Crippen LogP contribution in [0, 0.1) is 5.82 Å². The molecule has 1 aliphatic rings. The fourth-order valence-corrected chi connectivity index (χ4v) is 2.40. The summed E-state index contributed by atoms with van der Waals surface area (Å²) < 4.78 is 18.6. The predicted octanol–water partition coefficient (Wildman–Crippen LogP) is 3.10. The second-order valence-corrected chi connectivity index (χ2v) is 5.17. The highest BCUT2D eigenvalue weighted by Crippen LogP contribution is 2.21. The Kier molecular flexibility index (Phi) is 4.48. The quantitative estimate of drug-likeness (QED) is 0.906. The van der Waals surface area contributed by atoms with Gasteiger partial charge in [-0.2, -0.15) is 0 Å². The van der Waals surface area contributed by atoms with Crippen molar-refractivity contribution in [3.8, 4) is 0 Å². The fourth-order valence-electron chi connectivity index (χ4n) is 2.40. The summed E-state index contributed by atoms with van der Waals surface area (Å²) in [7, 11) is 0. The summed E-state index contributed by atoms with van der Waals surface area (Å²) in [5.41, 5.74) is 3.29. The first-order chi connectivity index (χ1) is 10.3. The number of morpholine rings is 1. The molecular formula is C17H19FN2O. The molecule has 0 radical (unpaired) electrons. The molecule has 1 fully saturated rings. The van der Waals surface area contributed by atoms with Crippen LogP contribution >= 0.6 is 0 Å². The van der Waals surface area contributed by atoms with Crippen molar-refractivity contribution in [2.45, 2.75) is 12.6 Å². The molecule has 4 heteroatoms. The molecule has 2 aromatic rings. The van der Waals surface area contributed by atoms with Gasteiger partial charge in [-0.05, 0) is 35.4 Å². The van der Waals surface area contributed by atoms with E-state index in [1.807, 2.05) is 0 Å². The number of halogens is 1. The number of benzene rings is 2. The van der Waals surface area contributed by atoms with Gasteiger partial charge >= 0.3 is 0 Å². The molecule has 1 aliphatic heterocycles. The van der Waals surface area contributed by atoms with Crippen molar-refractivity contribution < 1.29 is 9.13 Å². The van der Waals surface area contributed by atoms with Crippen LogP contribution in [-0.4, -0.2) is 19.7 Å². The normalized spacial score (nSPS) is 18.4. The van der Waals surface area contributed by atoms with E-state index in [0.717, 1.165) is 30.9 Å². The van der Waals surface area contributed by atoms with E-state index in [4.69, 9.17) is 4.74 Å². The van der Waals surface area contributed by atoms with E-state index in [2.05, 4.69) is 34.9 Å². The fraction of sp³-hybridized carbons (Fsp3) is 0.294. The standard InChI is InChI=1S/C17H19FN2O/c18-15-5-1-13(2-6-15)11-20-16-7-3-14(4-8-16)17-12-19-9-10-21-17/h1-8,17,19-20H,9-12H2/t17-/m1/s1. The molecule has 0 aromatic heterocycles. The molecule has 0 saturated carbocycles. The molecule has 2 N–H and O–H groups in total. The Bertz CT molecular complexity index is 562. The van der Waals surface area contributed by atoms with Crippen molar-refractivity contribution in [3.63, 3.8) is 0 Å². The van der Waals surface area contributed by atoms with Gasteiger partial charge < -0.3 is 15.4 Å². The topological polar surface area (TPSA) is 33.3 Å². The Morgan fingerprint density at radius 1 is 1.10 bits per heavy atom. The van der Waals surface area contributed by atoms with Gasteiger partial charge in [0.15, 0.2) is 0 Å². The smallest absolute Gasteiger partial charge is 0.123 e. The number of anilines is 1. The minimum Gasteiger partial charge on any atom is -0.381 e. The second-order valence-electron chi connectivity index (χ2n) is 5.17. The number of hydrogen-bond donors (Lipinski definition) is 2. The van der Waals surface area contributed by atoms with E-state index in [1.54, 1.807) is 12.1 Å². The van der Waals surface area contributed by atoms with Gasteiger partial charge in [0.2, 0.25) is 0 Å². The lowest BCUT2D eigenvalue weighted by Crippen LogP contribution is -2.33. The Hall–Kier alpha value is -1.91. The van der Waals surface area contributed by atoms with Crippen LogP contribution in [0.1, 0.15) is 17.2 Å². The maximum Gasteiger partial charge on any atom is 0.123 e. The van der Waals surface area contributed by atoms with Gasteiger partial charge in [0.1, 0.15) is 5.82 Å². The van der Waals surface area contributed by atoms with Crippen LogP contribution in [0.5, 0.6) is 0 Å². The summed E-state index contributed by atoms with van der Waals surface area (Å²) >= 11 is 0. The van der Waals surface area contributed by atoms with Crippen molar-refractivity contribution in [2.24, 2.45) is 0 Å². The van der Waals surface area contributed by atoms with Gasteiger partial charge in [-0.1, -0.05) is 24.3 Å². The Morgan fingerprint density at radius 2 is 1.86 bits per heavy atom.